The van der Waals surface area contributed by atoms with Gasteiger partial charge in [0.05, 0.1) is 22.6 Å². The van der Waals surface area contributed by atoms with Gasteiger partial charge in [0.2, 0.25) is 5.91 Å². The average Bonchev–Trinajstić information content (AvgIpc) is 2.87. The van der Waals surface area contributed by atoms with E-state index in [0.29, 0.717) is 5.82 Å². The number of carbonyl (C=O) groups is 1. The molecule has 1 atom stereocenters. The molecule has 2 N–H and O–H groups in total. The van der Waals surface area contributed by atoms with Crippen molar-refractivity contribution < 1.29 is 18.0 Å². The average molecular weight is 397 g/mol. The molecule has 144 valence electrons. The second-order valence-corrected chi connectivity index (χ2v) is 7.96. The summed E-state index contributed by atoms with van der Waals surface area (Å²) in [5.41, 5.74) is -0.440. The number of rotatable bonds is 2. The molecule has 5 nitrogen and oxygen atoms in total. The molecule has 1 aliphatic carbocycles. The molecule has 1 aliphatic heterocycles. The highest BCUT2D eigenvalue weighted by Gasteiger charge is 2.34. The van der Waals surface area contributed by atoms with E-state index in [9.17, 15) is 22.8 Å². The Kier molecular flexibility index (Phi) is 4.79. The summed E-state index contributed by atoms with van der Waals surface area (Å²) in [5.74, 6) is -4.26. The number of nitrogens with zero attached hydrogens (tertiary/aromatic N) is 1. The molecule has 1 aromatic heterocycles. The lowest BCUT2D eigenvalue weighted by molar-refractivity contribution is -0.113. The Morgan fingerprint density at radius 1 is 1.04 bits per heavy atom. The highest BCUT2D eigenvalue weighted by atomic mass is 32.2. The maximum Gasteiger partial charge on any atom is 0.270 e. The molecule has 2 heterocycles. The number of anilines is 1. The molecule has 1 saturated carbocycles. The van der Waals surface area contributed by atoms with Crippen LogP contribution in [0, 0.1) is 17.5 Å². The van der Waals surface area contributed by atoms with Gasteiger partial charge >= 0.3 is 0 Å². The number of H-pyrrole nitrogens is 1. The molecule has 9 heteroatoms. The number of nitrogens with one attached hydrogen (secondary N) is 2. The van der Waals surface area contributed by atoms with Gasteiger partial charge < -0.3 is 5.32 Å². The van der Waals surface area contributed by atoms with Crippen molar-refractivity contribution in [3.05, 3.63) is 51.1 Å². The molecule has 4 rings (SSSR count). The first-order valence-corrected chi connectivity index (χ1v) is 9.91. The molecule has 0 bridgehead atoms. The number of carbonyl (C=O) groups excluding carboxylic acids is 1. The van der Waals surface area contributed by atoms with Crippen molar-refractivity contribution in [3.63, 3.8) is 0 Å². The van der Waals surface area contributed by atoms with Gasteiger partial charge in [-0.15, -0.1) is 11.8 Å². The lowest BCUT2D eigenvalue weighted by atomic mass is 9.95. The Bertz CT molecular complexity index is 950. The Morgan fingerprint density at radius 2 is 1.78 bits per heavy atom. The van der Waals surface area contributed by atoms with Gasteiger partial charge in [0.1, 0.15) is 5.82 Å². The lowest BCUT2D eigenvalue weighted by Crippen LogP contribution is -2.21. The van der Waals surface area contributed by atoms with Crippen LogP contribution in [0.15, 0.2) is 16.9 Å². The molecule has 1 amide bonds. The molecule has 0 spiro atoms. The molecule has 0 unspecified atom stereocenters. The third kappa shape index (κ3) is 3.18. The van der Waals surface area contributed by atoms with E-state index < -0.39 is 28.3 Å². The number of aromatic nitrogens is 2. The predicted molar refractivity (Wildman–Crippen MR) is 96.4 cm³/mol. The van der Waals surface area contributed by atoms with Gasteiger partial charge in [-0.1, -0.05) is 25.3 Å². The molecule has 2 aliphatic rings. The van der Waals surface area contributed by atoms with Crippen molar-refractivity contribution in [2.75, 3.05) is 11.1 Å². The van der Waals surface area contributed by atoms with Gasteiger partial charge in [-0.2, -0.15) is 0 Å². The van der Waals surface area contributed by atoms with E-state index in [0.717, 1.165) is 56.0 Å². The molecule has 2 aromatic rings. The summed E-state index contributed by atoms with van der Waals surface area (Å²) < 4.78 is 43.2. The van der Waals surface area contributed by atoms with Crippen LogP contribution in [0.25, 0.3) is 0 Å². The number of halogens is 3. The quantitative estimate of drug-likeness (QED) is 0.756. The van der Waals surface area contributed by atoms with Crippen molar-refractivity contribution in [2.24, 2.45) is 0 Å². The maximum atomic E-state index is 14.4. The van der Waals surface area contributed by atoms with Crippen molar-refractivity contribution in [1.82, 2.24) is 9.78 Å². The first-order chi connectivity index (χ1) is 13.0. The largest absolute Gasteiger partial charge is 0.310 e. The highest BCUT2D eigenvalue weighted by Crippen LogP contribution is 2.42. The Morgan fingerprint density at radius 3 is 2.52 bits per heavy atom. The van der Waals surface area contributed by atoms with Crippen LogP contribution in [-0.4, -0.2) is 21.4 Å². The molecular formula is C18H18F3N3O2S. The number of thioether (sulfide) groups is 1. The molecule has 27 heavy (non-hydrogen) atoms. The minimum atomic E-state index is -1.58. The summed E-state index contributed by atoms with van der Waals surface area (Å²) in [6.45, 7) is 0. The number of hydrogen-bond donors (Lipinski definition) is 2. The summed E-state index contributed by atoms with van der Waals surface area (Å²) in [4.78, 5) is 24.9. The SMILES string of the molecule is O=C1CS[C@H](c2ccc(F)c(F)c2F)c2c(n(C3CCCCC3)[nH]c2=O)N1. The predicted octanol–water partition coefficient (Wildman–Crippen LogP) is 3.87. The fourth-order valence-corrected chi connectivity index (χ4v) is 4.98. The second-order valence-electron chi connectivity index (χ2n) is 6.87. The van der Waals surface area contributed by atoms with Crippen LogP contribution < -0.4 is 10.9 Å². The van der Waals surface area contributed by atoms with Gasteiger partial charge in [0.25, 0.3) is 5.56 Å². The number of aromatic amines is 1. The van der Waals surface area contributed by atoms with Gasteiger partial charge in [-0.05, 0) is 18.9 Å². The fraction of sp³-hybridized carbons (Fsp3) is 0.444. The number of benzene rings is 1. The van der Waals surface area contributed by atoms with E-state index >= 15 is 0 Å². The Labute approximate surface area is 157 Å². The summed E-state index contributed by atoms with van der Waals surface area (Å²) in [5, 5.41) is 4.58. The summed E-state index contributed by atoms with van der Waals surface area (Å²) in [6.07, 6.45) is 4.89. The lowest BCUT2D eigenvalue weighted by Gasteiger charge is -2.24. The fourth-order valence-electron chi connectivity index (χ4n) is 3.85. The van der Waals surface area contributed by atoms with Crippen molar-refractivity contribution >= 4 is 23.5 Å². The van der Waals surface area contributed by atoms with Crippen LogP contribution in [0.5, 0.6) is 0 Å². The first kappa shape index (κ1) is 18.2. The van der Waals surface area contributed by atoms with Crippen LogP contribution in [0.2, 0.25) is 0 Å². The van der Waals surface area contributed by atoms with Crippen LogP contribution >= 0.6 is 11.8 Å². The van der Waals surface area contributed by atoms with Gasteiger partial charge in [-0.25, -0.2) is 13.2 Å². The van der Waals surface area contributed by atoms with Crippen LogP contribution in [0.4, 0.5) is 19.0 Å². The van der Waals surface area contributed by atoms with Gasteiger partial charge in [0, 0.05) is 5.56 Å². The minimum Gasteiger partial charge on any atom is -0.310 e. The normalized spacial score (nSPS) is 20.9. The third-order valence-corrected chi connectivity index (χ3v) is 6.40. The molecule has 0 saturated heterocycles. The standard InChI is InChI=1S/C18H18F3N3O2S/c19-11-7-6-10(14(20)15(11)21)16-13-17(22-12(25)8-27-16)24(23-18(13)26)9-4-2-1-3-5-9/h6-7,9,16H,1-5,8H2,(H,22,25)(H,23,26)/t16-/m1/s1. The second kappa shape index (κ2) is 7.10. The van der Waals surface area contributed by atoms with E-state index in [-0.39, 0.29) is 28.8 Å². The van der Waals surface area contributed by atoms with Gasteiger partial charge in [-0.3, -0.25) is 19.4 Å². The molecular weight excluding hydrogens is 379 g/mol. The molecule has 0 radical (unpaired) electrons. The minimum absolute atomic E-state index is 0.0259. The summed E-state index contributed by atoms with van der Waals surface area (Å²) in [7, 11) is 0. The van der Waals surface area contributed by atoms with E-state index in [1.807, 2.05) is 0 Å². The van der Waals surface area contributed by atoms with Gasteiger partial charge in [0.15, 0.2) is 17.5 Å². The number of amides is 1. The highest BCUT2D eigenvalue weighted by molar-refractivity contribution is 8.00. The Balaban J connectivity index is 1.86. The van der Waals surface area contributed by atoms with Crippen LogP contribution in [0.3, 0.4) is 0 Å². The van der Waals surface area contributed by atoms with Crippen LogP contribution in [0.1, 0.15) is 54.5 Å². The first-order valence-electron chi connectivity index (χ1n) is 8.86. The van der Waals surface area contributed by atoms with E-state index in [2.05, 4.69) is 10.4 Å². The monoisotopic (exact) mass is 397 g/mol. The Hall–Kier alpha value is -2.16. The smallest absolute Gasteiger partial charge is 0.270 e. The third-order valence-electron chi connectivity index (χ3n) is 5.15. The topological polar surface area (TPSA) is 66.9 Å². The van der Waals surface area contributed by atoms with E-state index in [1.54, 1.807) is 4.68 Å². The van der Waals surface area contributed by atoms with Crippen molar-refractivity contribution in [3.8, 4) is 0 Å². The summed E-state index contributed by atoms with van der Waals surface area (Å²) >= 11 is 1.02. The zero-order valence-corrected chi connectivity index (χ0v) is 15.2. The van der Waals surface area contributed by atoms with Crippen LogP contribution in [-0.2, 0) is 4.79 Å². The molecule has 1 aromatic carbocycles. The zero-order valence-electron chi connectivity index (χ0n) is 14.4. The maximum absolute atomic E-state index is 14.4. The number of hydrogen-bond acceptors (Lipinski definition) is 3. The molecule has 1 fully saturated rings. The summed E-state index contributed by atoms with van der Waals surface area (Å²) in [6, 6.07) is 2.00. The van der Waals surface area contributed by atoms with Crippen molar-refractivity contribution in [1.29, 1.82) is 0 Å². The van der Waals surface area contributed by atoms with E-state index in [4.69, 9.17) is 0 Å². The zero-order chi connectivity index (χ0) is 19.1. The number of fused-ring (bicyclic) bond motifs is 1. The van der Waals surface area contributed by atoms with Crippen molar-refractivity contribution in [2.45, 2.75) is 43.4 Å². The van der Waals surface area contributed by atoms with E-state index in [1.165, 1.54) is 0 Å².